The first-order chi connectivity index (χ1) is 36.9. The Morgan fingerprint density at radius 3 is 2.04 bits per heavy atom. The molecule has 0 unspecified atom stereocenters. The number of hydrogen-bond donors (Lipinski definition) is 1. The molecule has 18 nitrogen and oxygen atoms in total. The number of aliphatic hydroxyl groups excluding tert-OH is 1. The molecule has 1 N–H and O–H groups in total. The number of nitro benzene ring substituents is 1. The number of morpholine rings is 1. The Kier molecular flexibility index (Phi) is 15.9. The molecule has 6 atom stereocenters. The first-order valence-corrected chi connectivity index (χ1v) is 25.2. The Bertz CT molecular complexity index is 3030. The first-order valence-electron chi connectivity index (χ1n) is 25.2. The molecule has 9 rings (SSSR count). The minimum Gasteiger partial charge on any atom is -0.491 e. The number of nitrogens with zero attached hydrogens (tertiary/aromatic N) is 4. The van der Waals surface area contributed by atoms with Gasteiger partial charge in [-0.2, -0.15) is 0 Å². The van der Waals surface area contributed by atoms with Crippen molar-refractivity contribution in [1.82, 2.24) is 9.80 Å². The van der Waals surface area contributed by atoms with Crippen molar-refractivity contribution < 1.29 is 62.5 Å². The van der Waals surface area contributed by atoms with E-state index in [9.17, 15) is 29.6 Å². The molecular weight excluding hydrogens is 977 g/mol. The normalized spacial score (nSPS) is 22.0. The molecule has 4 aliphatic heterocycles. The molecule has 3 amide bonds. The third-order valence-corrected chi connectivity index (χ3v) is 14.7. The first kappa shape index (κ1) is 52.5. The number of non-ortho nitro benzene ring substituents is 1. The number of rotatable bonds is 13. The van der Waals surface area contributed by atoms with Crippen molar-refractivity contribution in [2.24, 2.45) is 11.8 Å². The highest BCUT2D eigenvalue weighted by molar-refractivity contribution is 6.23. The van der Waals surface area contributed by atoms with Crippen molar-refractivity contribution >= 4 is 47.2 Å². The van der Waals surface area contributed by atoms with E-state index in [4.69, 9.17) is 23.7 Å². The highest BCUT2D eigenvalue weighted by Crippen LogP contribution is 2.66. The maximum atomic E-state index is 16.8. The van der Waals surface area contributed by atoms with Gasteiger partial charge in [0.05, 0.1) is 49.4 Å². The van der Waals surface area contributed by atoms with Crippen molar-refractivity contribution in [3.05, 3.63) is 171 Å². The average Bonchev–Trinajstić information content (AvgIpc) is 4.07. The number of nitro groups is 1. The smallest absolute Gasteiger partial charge is 0.421 e. The quantitative estimate of drug-likeness (QED) is 0.0302. The molecule has 392 valence electrons. The van der Waals surface area contributed by atoms with E-state index in [1.165, 1.54) is 30.3 Å². The molecular formula is C58H56N4O14. The molecule has 0 aliphatic carbocycles. The number of aliphatic hydroxyl groups is 1. The molecule has 76 heavy (non-hydrogen) atoms. The molecule has 5 aromatic carbocycles. The molecule has 3 saturated heterocycles. The van der Waals surface area contributed by atoms with E-state index in [0.29, 0.717) is 53.9 Å². The van der Waals surface area contributed by atoms with Crippen LogP contribution in [0.4, 0.5) is 16.2 Å². The van der Waals surface area contributed by atoms with Crippen LogP contribution in [0.25, 0.3) is 0 Å². The summed E-state index contributed by atoms with van der Waals surface area (Å²) in [6.07, 6.45) is 1.58. The van der Waals surface area contributed by atoms with Gasteiger partial charge in [-0.15, -0.1) is 0 Å². The largest absolute Gasteiger partial charge is 0.491 e. The summed E-state index contributed by atoms with van der Waals surface area (Å²) >= 11 is 0. The number of likely N-dealkylation sites (tertiary alicyclic amines) is 1. The second-order valence-corrected chi connectivity index (χ2v) is 19.0. The van der Waals surface area contributed by atoms with Crippen LogP contribution in [0, 0.1) is 33.8 Å². The Morgan fingerprint density at radius 1 is 0.789 bits per heavy atom. The highest BCUT2D eigenvalue weighted by Gasteiger charge is 2.76. The van der Waals surface area contributed by atoms with Crippen LogP contribution < -0.4 is 9.64 Å². The summed E-state index contributed by atoms with van der Waals surface area (Å²) in [5, 5.41) is 21.1. The number of amides is 3. The number of esters is 3. The summed E-state index contributed by atoms with van der Waals surface area (Å²) in [6, 6.07) is 31.9. The van der Waals surface area contributed by atoms with E-state index in [0.717, 1.165) is 38.4 Å². The number of imide groups is 1. The molecule has 1 spiro atoms. The predicted molar refractivity (Wildman–Crippen MR) is 273 cm³/mol. The summed E-state index contributed by atoms with van der Waals surface area (Å²) in [5.41, 5.74) is 0.312. The number of carbonyl (C=O) groups excluding carboxylic acids is 6. The topological polar surface area (TPSA) is 222 Å². The number of ether oxygens (including phenoxy) is 5. The van der Waals surface area contributed by atoms with E-state index in [1.54, 1.807) is 41.3 Å². The number of methoxy groups -OCH3 is 2. The van der Waals surface area contributed by atoms with Gasteiger partial charge in [-0.25, -0.2) is 9.69 Å². The van der Waals surface area contributed by atoms with Gasteiger partial charge in [0.15, 0.2) is 5.92 Å². The summed E-state index contributed by atoms with van der Waals surface area (Å²) in [6.45, 7) is -0.0136. The van der Waals surface area contributed by atoms with Crippen molar-refractivity contribution in [3.63, 3.8) is 0 Å². The Labute approximate surface area is 438 Å². The maximum absolute atomic E-state index is 16.8. The molecule has 4 aliphatic rings. The number of fused-ring (bicyclic) bond motifs is 3. The molecule has 0 radical (unpaired) electrons. The van der Waals surface area contributed by atoms with Gasteiger partial charge in [0.25, 0.3) is 5.69 Å². The van der Waals surface area contributed by atoms with Crippen LogP contribution in [-0.4, -0.2) is 102 Å². The van der Waals surface area contributed by atoms with Gasteiger partial charge in [-0.3, -0.25) is 39.0 Å². The fourth-order valence-corrected chi connectivity index (χ4v) is 11.2. The van der Waals surface area contributed by atoms with Crippen molar-refractivity contribution in [1.29, 1.82) is 0 Å². The molecule has 0 saturated carbocycles. The zero-order chi connectivity index (χ0) is 53.5. The van der Waals surface area contributed by atoms with E-state index >= 15 is 14.4 Å². The van der Waals surface area contributed by atoms with E-state index in [2.05, 4.69) is 11.8 Å². The van der Waals surface area contributed by atoms with Gasteiger partial charge in [0, 0.05) is 37.2 Å². The van der Waals surface area contributed by atoms with Gasteiger partial charge in [-0.1, -0.05) is 104 Å². The standard InChI is InChI=1S/C58H56N4O14/c1-72-53(65)44(54(66)73-2)20-14-15-37-23-30-46-45(35-37)58(56(68)60(46)57(69)75-36-38-21-26-42(27-22-38)62(70)71)47(52(64)59-31-12-4-3-5-13-32-59)49-55(67)76-50(40-18-10-7-11-19-40)48(39-16-8-6-9-17-39)61(49)51(58)41-24-28-43(29-25-41)74-34-33-63/h6-11,16-19,21-30,35,44,47-51,63H,3-5,12-13,20,31-34,36H2,1-2H3/t47-,48-,49-,50+,51+,58-/m1/s1. The lowest BCUT2D eigenvalue weighted by atomic mass is 9.64. The summed E-state index contributed by atoms with van der Waals surface area (Å²) < 4.78 is 28.1. The fraction of sp³-hybridized carbons (Fsp3) is 0.345. The van der Waals surface area contributed by atoms with Crippen LogP contribution in [0.3, 0.4) is 0 Å². The third kappa shape index (κ3) is 9.98. The van der Waals surface area contributed by atoms with Gasteiger partial charge < -0.3 is 33.7 Å². The fourth-order valence-electron chi connectivity index (χ4n) is 11.2. The second-order valence-electron chi connectivity index (χ2n) is 19.0. The highest BCUT2D eigenvalue weighted by atomic mass is 16.6. The third-order valence-electron chi connectivity index (χ3n) is 14.7. The molecule has 18 heteroatoms. The second kappa shape index (κ2) is 23.0. The van der Waals surface area contributed by atoms with Crippen LogP contribution in [0.15, 0.2) is 127 Å². The predicted octanol–water partition coefficient (Wildman–Crippen LogP) is 7.46. The van der Waals surface area contributed by atoms with Crippen LogP contribution in [0.5, 0.6) is 5.75 Å². The van der Waals surface area contributed by atoms with Gasteiger partial charge >= 0.3 is 24.0 Å². The lowest BCUT2D eigenvalue weighted by Gasteiger charge is -2.46. The molecule has 0 aromatic heterocycles. The van der Waals surface area contributed by atoms with E-state index < -0.39 is 88.8 Å². The van der Waals surface area contributed by atoms with Gasteiger partial charge in [0.2, 0.25) is 11.8 Å². The van der Waals surface area contributed by atoms with E-state index in [1.807, 2.05) is 65.6 Å². The monoisotopic (exact) mass is 1030 g/mol. The molecule has 4 heterocycles. The summed E-state index contributed by atoms with van der Waals surface area (Å²) in [5.74, 6) is -0.504. The zero-order valence-electron chi connectivity index (χ0n) is 41.9. The Balaban J connectivity index is 1.31. The molecule has 3 fully saturated rings. The van der Waals surface area contributed by atoms with Crippen LogP contribution in [0.1, 0.15) is 90.1 Å². The summed E-state index contributed by atoms with van der Waals surface area (Å²) in [7, 11) is 2.27. The average molecular weight is 1030 g/mol. The van der Waals surface area contributed by atoms with Crippen molar-refractivity contribution in [2.45, 2.75) is 74.8 Å². The minimum atomic E-state index is -2.16. The Morgan fingerprint density at radius 2 is 1.42 bits per heavy atom. The maximum Gasteiger partial charge on any atom is 0.421 e. The number of hydrogen-bond acceptors (Lipinski definition) is 15. The Hall–Kier alpha value is -8.40. The molecule has 0 bridgehead atoms. The zero-order valence-corrected chi connectivity index (χ0v) is 41.9. The lowest BCUT2D eigenvalue weighted by Crippen LogP contribution is -2.56. The summed E-state index contributed by atoms with van der Waals surface area (Å²) in [4.78, 5) is 105. The SMILES string of the molecule is COC(=O)C(CC#Cc1ccc2c(c1)[C@]1(C(=O)N2C(=O)OCc2ccc([N+](=O)[O-])cc2)[C@H](c2ccc(OCCO)cc2)N2[C@H](c3ccccc3)[C@H](c3ccccc3)OC(=O)[C@H]2[C@@H]1C(=O)N1CCCCCCC1)C(=O)OC. The number of anilines is 1. The van der Waals surface area contributed by atoms with E-state index in [-0.39, 0.29) is 42.1 Å². The van der Waals surface area contributed by atoms with Crippen LogP contribution in [-0.2, 0) is 54.9 Å². The van der Waals surface area contributed by atoms with Gasteiger partial charge in [-0.05, 0) is 83.1 Å². The number of carbonyl (C=O) groups is 6. The van der Waals surface area contributed by atoms with Crippen LogP contribution in [0.2, 0.25) is 0 Å². The van der Waals surface area contributed by atoms with Crippen molar-refractivity contribution in [3.8, 4) is 17.6 Å². The minimum absolute atomic E-state index is 0.0133. The number of benzene rings is 5. The van der Waals surface area contributed by atoms with Crippen LogP contribution >= 0.6 is 0 Å². The van der Waals surface area contributed by atoms with Gasteiger partial charge in [0.1, 0.15) is 36.5 Å². The molecule has 5 aromatic rings. The lowest BCUT2D eigenvalue weighted by molar-refractivity contribution is -0.384. The number of cyclic esters (lactones) is 1. The van der Waals surface area contributed by atoms with Crippen molar-refractivity contribution in [2.75, 3.05) is 45.4 Å².